The van der Waals surface area contributed by atoms with Crippen molar-refractivity contribution in [2.45, 2.75) is 38.2 Å². The molecule has 4 aromatic rings. The highest BCUT2D eigenvalue weighted by atomic mass is 32.2. The van der Waals surface area contributed by atoms with Crippen molar-refractivity contribution < 1.29 is 41.3 Å². The second kappa shape index (κ2) is 13.7. The molecule has 0 aliphatic heterocycles. The minimum Gasteiger partial charge on any atom is -0.491 e. The number of para-hydroxylation sites is 1. The first-order valence-corrected chi connectivity index (χ1v) is 15.4. The van der Waals surface area contributed by atoms with E-state index >= 15 is 0 Å². The Morgan fingerprint density at radius 3 is 2.43 bits per heavy atom. The van der Waals surface area contributed by atoms with Gasteiger partial charge in [0, 0.05) is 37.1 Å². The van der Waals surface area contributed by atoms with E-state index in [4.69, 9.17) is 4.74 Å². The molecule has 2 unspecified atom stereocenters. The zero-order chi connectivity index (χ0) is 32.1. The average Bonchev–Trinajstić information content (AvgIpc) is 3.31. The predicted octanol–water partition coefficient (Wildman–Crippen LogP) is 4.68. The first-order valence-electron chi connectivity index (χ1n) is 13.8. The maximum Gasteiger partial charge on any atom is 0.404 e. The summed E-state index contributed by atoms with van der Waals surface area (Å²) in [5.74, 6) is -2.48. The number of hydrogen-bond donors (Lipinski definition) is 3. The van der Waals surface area contributed by atoms with Crippen LogP contribution in [0.1, 0.15) is 28.5 Å². The molecule has 236 valence electrons. The second-order valence-electron chi connectivity index (χ2n) is 10.6. The predicted molar refractivity (Wildman–Crippen MR) is 162 cm³/mol. The minimum atomic E-state index is -4.89. The number of anilines is 1. The lowest BCUT2D eigenvalue weighted by Gasteiger charge is -2.21. The minimum absolute atomic E-state index is 0.00629. The lowest BCUT2D eigenvalue weighted by molar-refractivity contribution is -0.106. The van der Waals surface area contributed by atoms with Crippen LogP contribution in [0.5, 0.6) is 5.75 Å². The Bertz CT molecular complexity index is 1690. The van der Waals surface area contributed by atoms with Crippen LogP contribution in [0.3, 0.4) is 0 Å². The first kappa shape index (κ1) is 32.8. The Morgan fingerprint density at radius 2 is 1.75 bits per heavy atom. The summed E-state index contributed by atoms with van der Waals surface area (Å²) in [6, 6.07) is 22.3. The maximum absolute atomic E-state index is 12.8. The van der Waals surface area contributed by atoms with Crippen LogP contribution < -0.4 is 14.4 Å². The zero-order valence-electron chi connectivity index (χ0n) is 24.2. The number of aliphatic hydroxyl groups excluding tert-OH is 1. The van der Waals surface area contributed by atoms with Gasteiger partial charge >= 0.3 is 12.1 Å². The van der Waals surface area contributed by atoms with Crippen LogP contribution in [0.25, 0.3) is 10.9 Å². The molecule has 4 rings (SSSR count). The van der Waals surface area contributed by atoms with Gasteiger partial charge in [-0.15, -0.1) is 0 Å². The maximum atomic E-state index is 12.8. The molecule has 3 N–H and O–H groups in total. The van der Waals surface area contributed by atoms with Crippen molar-refractivity contribution in [1.29, 1.82) is 0 Å². The molecule has 0 saturated carbocycles. The van der Waals surface area contributed by atoms with Crippen molar-refractivity contribution in [3.05, 3.63) is 95.7 Å². The fourth-order valence-corrected chi connectivity index (χ4v) is 5.87. The summed E-state index contributed by atoms with van der Waals surface area (Å²) in [4.78, 5) is 12.1. The summed E-state index contributed by atoms with van der Waals surface area (Å²) < 4.78 is 70.6. The van der Waals surface area contributed by atoms with Crippen molar-refractivity contribution >= 4 is 32.6 Å². The van der Waals surface area contributed by atoms with Gasteiger partial charge in [0.2, 0.25) is 10.0 Å². The summed E-state index contributed by atoms with van der Waals surface area (Å²) in [5.41, 5.74) is 2.12. The zero-order valence-corrected chi connectivity index (χ0v) is 25.0. The number of rotatable bonds is 14. The summed E-state index contributed by atoms with van der Waals surface area (Å²) in [6.07, 6.45) is -5.00. The van der Waals surface area contributed by atoms with Crippen LogP contribution in [-0.2, 0) is 23.0 Å². The number of fused-ring (bicyclic) bond motifs is 1. The number of benzene rings is 3. The van der Waals surface area contributed by atoms with E-state index in [-0.39, 0.29) is 30.6 Å². The average molecular weight is 634 g/mol. The Kier molecular flexibility index (Phi) is 10.2. The van der Waals surface area contributed by atoms with Crippen molar-refractivity contribution in [1.82, 2.24) is 9.88 Å². The molecule has 1 aromatic heterocycles. The van der Waals surface area contributed by atoms with Gasteiger partial charge < -0.3 is 24.8 Å². The molecule has 3 aromatic carbocycles. The molecule has 0 saturated heterocycles. The van der Waals surface area contributed by atoms with Gasteiger partial charge in [0.1, 0.15) is 24.2 Å². The quantitative estimate of drug-likeness (QED) is 0.185. The molecule has 0 spiro atoms. The van der Waals surface area contributed by atoms with E-state index in [9.17, 15) is 36.6 Å². The highest BCUT2D eigenvalue weighted by Gasteiger charge is 2.37. The normalized spacial score (nSPS) is 13.5. The largest absolute Gasteiger partial charge is 0.491 e. The fourth-order valence-electron chi connectivity index (χ4n) is 4.82. The van der Waals surface area contributed by atoms with Crippen LogP contribution >= 0.6 is 0 Å². The number of halogens is 3. The number of carboxylic acids is 1. The summed E-state index contributed by atoms with van der Waals surface area (Å²) in [6.45, 7) is 2.49. The van der Waals surface area contributed by atoms with E-state index in [1.54, 1.807) is 22.8 Å². The molecule has 0 amide bonds. The van der Waals surface area contributed by atoms with Crippen LogP contribution in [0.4, 0.5) is 18.9 Å². The molecular weight excluding hydrogens is 599 g/mol. The molecule has 2 atom stereocenters. The fraction of sp³-hybridized carbons (Fsp3) is 0.323. The molecule has 44 heavy (non-hydrogen) atoms. The number of carbonyl (C=O) groups is 1. The van der Waals surface area contributed by atoms with Crippen LogP contribution in [-0.4, -0.2) is 73.4 Å². The molecular formula is C31H34F3N3O6S. The molecule has 0 radical (unpaired) electrons. The lowest BCUT2D eigenvalue weighted by atomic mass is 10.0. The highest BCUT2D eigenvalue weighted by Crippen LogP contribution is 2.27. The smallest absolute Gasteiger partial charge is 0.404 e. The van der Waals surface area contributed by atoms with Crippen molar-refractivity contribution in [3.63, 3.8) is 0 Å². The number of carboxylic acid groups (broad SMARTS) is 1. The Morgan fingerprint density at radius 1 is 1.02 bits per heavy atom. The van der Waals surface area contributed by atoms with E-state index in [0.717, 1.165) is 12.6 Å². The molecule has 13 heteroatoms. The van der Waals surface area contributed by atoms with Gasteiger partial charge in [-0.2, -0.15) is 13.2 Å². The van der Waals surface area contributed by atoms with E-state index in [1.807, 2.05) is 49.4 Å². The highest BCUT2D eigenvalue weighted by molar-refractivity contribution is 7.92. The number of aromatic nitrogens is 1. The SMILES string of the molecule is CC(Cc1ccc2c(c1)cc(C(=O)O)n2Cc1cccc(N(C)S(=O)(=O)CC(F)(F)F)c1)NCC(O)COc1ccccc1. The van der Waals surface area contributed by atoms with E-state index in [1.165, 1.54) is 18.2 Å². The van der Waals surface area contributed by atoms with Gasteiger partial charge in [0.25, 0.3) is 0 Å². The van der Waals surface area contributed by atoms with Crippen LogP contribution in [0.2, 0.25) is 0 Å². The number of aliphatic hydroxyl groups is 1. The van der Waals surface area contributed by atoms with Gasteiger partial charge in [-0.05, 0) is 66.9 Å². The number of sulfonamides is 1. The van der Waals surface area contributed by atoms with Gasteiger partial charge in [-0.1, -0.05) is 36.4 Å². The van der Waals surface area contributed by atoms with E-state index in [0.29, 0.717) is 39.5 Å². The molecule has 0 bridgehead atoms. The van der Waals surface area contributed by atoms with Crippen molar-refractivity contribution in [3.8, 4) is 5.75 Å². The summed E-state index contributed by atoms with van der Waals surface area (Å²) >= 11 is 0. The number of nitrogens with zero attached hydrogens (tertiary/aromatic N) is 2. The van der Waals surface area contributed by atoms with Crippen molar-refractivity contribution in [2.75, 3.05) is 30.3 Å². The van der Waals surface area contributed by atoms with Gasteiger partial charge in [0.15, 0.2) is 5.75 Å². The monoisotopic (exact) mass is 633 g/mol. The molecule has 9 nitrogen and oxygen atoms in total. The topological polar surface area (TPSA) is 121 Å². The van der Waals surface area contributed by atoms with Crippen LogP contribution in [0, 0.1) is 0 Å². The number of aromatic carboxylic acids is 1. The Hall–Kier alpha value is -4.07. The third kappa shape index (κ3) is 8.74. The van der Waals surface area contributed by atoms with Crippen LogP contribution in [0.15, 0.2) is 78.9 Å². The molecule has 1 heterocycles. The lowest BCUT2D eigenvalue weighted by Crippen LogP contribution is -2.37. The first-order chi connectivity index (χ1) is 20.7. The van der Waals surface area contributed by atoms with Gasteiger partial charge in [-0.3, -0.25) is 4.31 Å². The second-order valence-corrected chi connectivity index (χ2v) is 12.6. The number of nitrogens with one attached hydrogen (secondary N) is 1. The summed E-state index contributed by atoms with van der Waals surface area (Å²) in [5, 5.41) is 24.1. The molecule has 0 aliphatic rings. The molecule has 0 aliphatic carbocycles. The number of alkyl halides is 3. The Labute approximate surface area is 253 Å². The molecule has 0 fully saturated rings. The Balaban J connectivity index is 1.45. The van der Waals surface area contributed by atoms with Gasteiger partial charge in [-0.25, -0.2) is 13.2 Å². The van der Waals surface area contributed by atoms with Gasteiger partial charge in [0.05, 0.1) is 5.69 Å². The number of hydrogen-bond acceptors (Lipinski definition) is 6. The summed E-state index contributed by atoms with van der Waals surface area (Å²) in [7, 11) is -3.62. The third-order valence-corrected chi connectivity index (χ3v) is 8.73. The van der Waals surface area contributed by atoms with Crippen molar-refractivity contribution in [2.24, 2.45) is 0 Å². The van der Waals surface area contributed by atoms with E-state index in [2.05, 4.69) is 5.32 Å². The third-order valence-electron chi connectivity index (χ3n) is 6.99. The van der Waals surface area contributed by atoms with E-state index < -0.39 is 34.0 Å². The number of ether oxygens (including phenoxy) is 1. The standard InChI is InChI=1S/C31H34F3N3O6S/c1-21(35-17-26(38)19-43-27-9-4-3-5-10-27)13-22-11-12-28-24(14-22)16-29(30(39)40)37(28)18-23-7-6-8-25(15-23)36(2)44(41,42)20-31(32,33)34/h3-12,14-16,21,26,35,38H,13,17-20H2,1-2H3,(H,39,40).